The van der Waals surface area contributed by atoms with Crippen molar-refractivity contribution in [3.8, 4) is 0 Å². The fraction of sp³-hybridized carbons (Fsp3) is 0.154. The van der Waals surface area contributed by atoms with E-state index in [1.807, 2.05) is 0 Å². The van der Waals surface area contributed by atoms with Crippen molar-refractivity contribution >= 4 is 23.2 Å². The van der Waals surface area contributed by atoms with Crippen LogP contribution < -0.4 is 10.6 Å². The summed E-state index contributed by atoms with van der Waals surface area (Å²) in [5, 5.41) is 6.27. The summed E-state index contributed by atoms with van der Waals surface area (Å²) in [5.74, 6) is -0.203. The summed E-state index contributed by atoms with van der Waals surface area (Å²) in [6.07, 6.45) is 3.08. The summed E-state index contributed by atoms with van der Waals surface area (Å²) in [6.45, 7) is 0.344. The van der Waals surface area contributed by atoms with Crippen LogP contribution in [0.3, 0.4) is 0 Å². The predicted octanol–water partition coefficient (Wildman–Crippen LogP) is 2.10. The van der Waals surface area contributed by atoms with Crippen LogP contribution in [0.15, 0.2) is 36.8 Å². The molecule has 0 saturated heterocycles. The summed E-state index contributed by atoms with van der Waals surface area (Å²) in [6, 6.07) is 6.87. The van der Waals surface area contributed by atoms with E-state index in [9.17, 15) is 4.79 Å². The van der Waals surface area contributed by atoms with Crippen LogP contribution in [0.2, 0.25) is 5.02 Å². The molecule has 19 heavy (non-hydrogen) atoms. The second-order valence-electron chi connectivity index (χ2n) is 3.82. The van der Waals surface area contributed by atoms with E-state index in [1.165, 1.54) is 6.33 Å². The number of nitrogens with zero attached hydrogens (tertiary/aromatic N) is 2. The topological polar surface area (TPSA) is 66.9 Å². The van der Waals surface area contributed by atoms with E-state index in [0.29, 0.717) is 17.1 Å². The van der Waals surface area contributed by atoms with Gasteiger partial charge in [-0.2, -0.15) is 0 Å². The minimum atomic E-state index is -0.203. The zero-order valence-electron chi connectivity index (χ0n) is 10.4. The number of anilines is 1. The maximum absolute atomic E-state index is 12.1. The molecule has 0 saturated carbocycles. The number of carbonyl (C=O) groups excluding carboxylic acids is 1. The molecule has 0 radical (unpaired) electrons. The molecular formula is C13H13ClN4O. The summed E-state index contributed by atoms with van der Waals surface area (Å²) in [5.41, 5.74) is 1.98. The summed E-state index contributed by atoms with van der Waals surface area (Å²) >= 11 is 5.91. The summed E-state index contributed by atoms with van der Waals surface area (Å²) < 4.78 is 0. The number of hydrogen-bond acceptors (Lipinski definition) is 4. The van der Waals surface area contributed by atoms with Crippen molar-refractivity contribution in [2.45, 2.75) is 6.54 Å². The maximum atomic E-state index is 12.1. The zero-order valence-corrected chi connectivity index (χ0v) is 11.1. The fourth-order valence-corrected chi connectivity index (χ4v) is 1.78. The fourth-order valence-electron chi connectivity index (χ4n) is 1.61. The maximum Gasteiger partial charge on any atom is 0.253 e. The number of nitrogens with one attached hydrogen (secondary N) is 2. The number of benzene rings is 1. The third-order valence-corrected chi connectivity index (χ3v) is 2.80. The van der Waals surface area contributed by atoms with Crippen LogP contribution in [0.5, 0.6) is 0 Å². The molecule has 1 heterocycles. The van der Waals surface area contributed by atoms with Crippen molar-refractivity contribution in [3.05, 3.63) is 53.1 Å². The van der Waals surface area contributed by atoms with Crippen LogP contribution in [0.1, 0.15) is 16.1 Å². The first-order valence-corrected chi connectivity index (χ1v) is 6.09. The van der Waals surface area contributed by atoms with E-state index < -0.39 is 0 Å². The summed E-state index contributed by atoms with van der Waals surface area (Å²) in [7, 11) is 1.75. The molecule has 2 rings (SSSR count). The van der Waals surface area contributed by atoms with Crippen molar-refractivity contribution in [1.29, 1.82) is 0 Å². The molecule has 2 N–H and O–H groups in total. The molecule has 1 aromatic carbocycles. The van der Waals surface area contributed by atoms with Gasteiger partial charge in [0.2, 0.25) is 0 Å². The van der Waals surface area contributed by atoms with Gasteiger partial charge in [0, 0.05) is 24.0 Å². The number of hydrogen-bond donors (Lipinski definition) is 2. The highest BCUT2D eigenvalue weighted by Gasteiger charge is 2.11. The third-order valence-electron chi connectivity index (χ3n) is 2.57. The monoisotopic (exact) mass is 276 g/mol. The molecule has 5 nitrogen and oxygen atoms in total. The first-order chi connectivity index (χ1) is 9.20. The third kappa shape index (κ3) is 3.42. The Morgan fingerprint density at radius 1 is 1.37 bits per heavy atom. The highest BCUT2D eigenvalue weighted by Crippen LogP contribution is 2.20. The molecule has 0 aliphatic carbocycles. The number of halogens is 1. The van der Waals surface area contributed by atoms with Crippen LogP contribution in [-0.4, -0.2) is 22.9 Å². The molecule has 2 aromatic rings. The van der Waals surface area contributed by atoms with Gasteiger partial charge < -0.3 is 10.6 Å². The van der Waals surface area contributed by atoms with Gasteiger partial charge in [0.05, 0.1) is 17.8 Å². The molecule has 0 aliphatic rings. The standard InChI is InChI=1S/C13H13ClN4O/c1-15-12-3-2-9(14)6-11(12)13(19)17-7-10-4-5-16-8-18-10/h2-6,8,15H,7H2,1H3,(H,17,19). The van der Waals surface area contributed by atoms with Gasteiger partial charge in [0.15, 0.2) is 0 Å². The molecule has 0 unspecified atom stereocenters. The molecule has 0 aliphatic heterocycles. The number of amides is 1. The molecule has 0 bridgehead atoms. The first kappa shape index (κ1) is 13.3. The van der Waals surface area contributed by atoms with Crippen LogP contribution >= 0.6 is 11.6 Å². The largest absolute Gasteiger partial charge is 0.387 e. The molecule has 1 aromatic heterocycles. The minimum Gasteiger partial charge on any atom is -0.387 e. The molecule has 1 amide bonds. The Morgan fingerprint density at radius 3 is 2.89 bits per heavy atom. The van der Waals surface area contributed by atoms with E-state index in [1.54, 1.807) is 37.5 Å². The predicted molar refractivity (Wildman–Crippen MR) is 74.2 cm³/mol. The lowest BCUT2D eigenvalue weighted by Crippen LogP contribution is -2.24. The quantitative estimate of drug-likeness (QED) is 0.897. The van der Waals surface area contributed by atoms with E-state index >= 15 is 0 Å². The van der Waals surface area contributed by atoms with Crippen LogP contribution in [0, 0.1) is 0 Å². The van der Waals surface area contributed by atoms with Crippen molar-refractivity contribution in [2.75, 3.05) is 12.4 Å². The highest BCUT2D eigenvalue weighted by atomic mass is 35.5. The van der Waals surface area contributed by atoms with Gasteiger partial charge >= 0.3 is 0 Å². The van der Waals surface area contributed by atoms with E-state index in [2.05, 4.69) is 20.6 Å². The lowest BCUT2D eigenvalue weighted by molar-refractivity contribution is 0.0951. The molecule has 98 valence electrons. The van der Waals surface area contributed by atoms with Crippen LogP contribution in [0.25, 0.3) is 0 Å². The van der Waals surface area contributed by atoms with Crippen molar-refractivity contribution in [1.82, 2.24) is 15.3 Å². The number of aromatic nitrogens is 2. The van der Waals surface area contributed by atoms with Crippen molar-refractivity contribution < 1.29 is 4.79 Å². The van der Waals surface area contributed by atoms with Gasteiger partial charge in [-0.15, -0.1) is 0 Å². The normalized spacial score (nSPS) is 10.0. The lowest BCUT2D eigenvalue weighted by Gasteiger charge is -2.10. The van der Waals surface area contributed by atoms with Gasteiger partial charge in [-0.3, -0.25) is 4.79 Å². The molecular weight excluding hydrogens is 264 g/mol. The second kappa shape index (κ2) is 6.15. The van der Waals surface area contributed by atoms with Gasteiger partial charge in [-0.05, 0) is 24.3 Å². The van der Waals surface area contributed by atoms with Gasteiger partial charge in [0.1, 0.15) is 6.33 Å². The highest BCUT2D eigenvalue weighted by molar-refractivity contribution is 6.31. The van der Waals surface area contributed by atoms with Crippen molar-refractivity contribution in [3.63, 3.8) is 0 Å². The SMILES string of the molecule is CNc1ccc(Cl)cc1C(=O)NCc1ccncn1. The van der Waals surface area contributed by atoms with Gasteiger partial charge in [-0.1, -0.05) is 11.6 Å². The average molecular weight is 277 g/mol. The van der Waals surface area contributed by atoms with E-state index in [-0.39, 0.29) is 5.91 Å². The smallest absolute Gasteiger partial charge is 0.253 e. The lowest BCUT2D eigenvalue weighted by atomic mass is 10.1. The Bertz CT molecular complexity index is 574. The van der Waals surface area contributed by atoms with Crippen LogP contribution in [-0.2, 0) is 6.54 Å². The Morgan fingerprint density at radius 2 is 2.21 bits per heavy atom. The Labute approximate surface area is 116 Å². The summed E-state index contributed by atoms with van der Waals surface area (Å²) in [4.78, 5) is 20.0. The van der Waals surface area contributed by atoms with Crippen LogP contribution in [0.4, 0.5) is 5.69 Å². The number of carbonyl (C=O) groups is 1. The van der Waals surface area contributed by atoms with E-state index in [4.69, 9.17) is 11.6 Å². The van der Waals surface area contributed by atoms with Gasteiger partial charge in [-0.25, -0.2) is 9.97 Å². The van der Waals surface area contributed by atoms with E-state index in [0.717, 1.165) is 11.4 Å². The Balaban J connectivity index is 2.10. The molecule has 0 spiro atoms. The molecule has 0 atom stereocenters. The minimum absolute atomic E-state index is 0.203. The first-order valence-electron chi connectivity index (χ1n) is 5.71. The second-order valence-corrected chi connectivity index (χ2v) is 4.26. The Hall–Kier alpha value is -2.14. The van der Waals surface area contributed by atoms with Crippen molar-refractivity contribution in [2.24, 2.45) is 0 Å². The average Bonchev–Trinajstić information content (AvgIpc) is 2.46. The molecule has 0 fully saturated rings. The number of rotatable bonds is 4. The Kier molecular flexibility index (Phi) is 4.30. The molecule has 6 heteroatoms. The zero-order chi connectivity index (χ0) is 13.7. The van der Waals surface area contributed by atoms with Gasteiger partial charge in [0.25, 0.3) is 5.91 Å².